The van der Waals surface area contributed by atoms with Crippen molar-refractivity contribution < 1.29 is 36.3 Å². The summed E-state index contributed by atoms with van der Waals surface area (Å²) in [6.45, 7) is -1.51. The SMILES string of the molecule is O=C(NCc1ccccc1-n1ccnc1)C(OC(=O)C(F)(F)F)n1c(Cl)cnc(NCC(F)(F)c2ccccn2)c1=O. The van der Waals surface area contributed by atoms with Gasteiger partial charge in [-0.3, -0.25) is 14.6 Å². The van der Waals surface area contributed by atoms with Gasteiger partial charge in [-0.05, 0) is 23.8 Å². The minimum atomic E-state index is -5.55. The zero-order chi connectivity index (χ0) is 30.5. The molecule has 0 spiro atoms. The van der Waals surface area contributed by atoms with Gasteiger partial charge in [0.15, 0.2) is 5.82 Å². The van der Waals surface area contributed by atoms with Crippen molar-refractivity contribution in [3.05, 3.63) is 100 Å². The predicted octanol–water partition coefficient (Wildman–Crippen LogP) is 3.60. The zero-order valence-corrected chi connectivity index (χ0v) is 21.8. The summed E-state index contributed by atoms with van der Waals surface area (Å²) in [4.78, 5) is 49.1. The molecule has 11 nitrogen and oxygen atoms in total. The number of para-hydroxylation sites is 1. The van der Waals surface area contributed by atoms with Crippen LogP contribution in [0.5, 0.6) is 0 Å². The van der Waals surface area contributed by atoms with Crippen molar-refractivity contribution in [2.75, 3.05) is 11.9 Å². The smallest absolute Gasteiger partial charge is 0.425 e. The lowest BCUT2D eigenvalue weighted by Crippen LogP contribution is -2.43. The molecule has 0 saturated carbocycles. The quantitative estimate of drug-likeness (QED) is 0.205. The number of amides is 1. The molecule has 0 aliphatic carbocycles. The number of esters is 1. The third-order valence-corrected chi connectivity index (χ3v) is 5.89. The monoisotopic (exact) mass is 611 g/mol. The van der Waals surface area contributed by atoms with E-state index in [-0.39, 0.29) is 11.1 Å². The number of ether oxygens (including phenoxy) is 1. The van der Waals surface area contributed by atoms with E-state index >= 15 is 0 Å². The predicted molar refractivity (Wildman–Crippen MR) is 137 cm³/mol. The van der Waals surface area contributed by atoms with E-state index in [1.54, 1.807) is 35.0 Å². The highest BCUT2D eigenvalue weighted by Crippen LogP contribution is 2.27. The molecule has 0 aliphatic heterocycles. The Bertz CT molecular complexity index is 1620. The van der Waals surface area contributed by atoms with Crippen LogP contribution in [0.1, 0.15) is 17.5 Å². The fourth-order valence-corrected chi connectivity index (χ4v) is 3.84. The highest BCUT2D eigenvalue weighted by molar-refractivity contribution is 6.29. The van der Waals surface area contributed by atoms with Gasteiger partial charge in [-0.15, -0.1) is 0 Å². The van der Waals surface area contributed by atoms with Gasteiger partial charge in [-0.1, -0.05) is 35.9 Å². The molecule has 220 valence electrons. The molecule has 3 aromatic heterocycles. The first-order valence-corrected chi connectivity index (χ1v) is 12.2. The number of imidazole rings is 1. The summed E-state index contributed by atoms with van der Waals surface area (Å²) in [6.07, 6.45) is -1.74. The summed E-state index contributed by atoms with van der Waals surface area (Å²) in [6, 6.07) is 10.4. The lowest BCUT2D eigenvalue weighted by molar-refractivity contribution is -0.209. The van der Waals surface area contributed by atoms with Crippen molar-refractivity contribution in [2.24, 2.45) is 0 Å². The maximum Gasteiger partial charge on any atom is 0.491 e. The molecular formula is C25H19ClF5N7O4. The number of nitrogens with one attached hydrogen (secondary N) is 2. The largest absolute Gasteiger partial charge is 0.491 e. The molecule has 1 amide bonds. The zero-order valence-electron chi connectivity index (χ0n) is 21.1. The van der Waals surface area contributed by atoms with Crippen LogP contribution < -0.4 is 16.2 Å². The summed E-state index contributed by atoms with van der Waals surface area (Å²) in [5.41, 5.74) is -1.04. The molecular weight excluding hydrogens is 593 g/mol. The minimum absolute atomic E-state index is 0.177. The topological polar surface area (TPSA) is 133 Å². The summed E-state index contributed by atoms with van der Waals surface area (Å²) in [5.74, 6) is -8.62. The van der Waals surface area contributed by atoms with Crippen LogP contribution in [0.15, 0.2) is 78.4 Å². The Labute approximate surface area is 237 Å². The molecule has 1 aromatic carbocycles. The number of halogens is 6. The van der Waals surface area contributed by atoms with Crippen LogP contribution in [0.2, 0.25) is 5.15 Å². The fraction of sp³-hybridized carbons (Fsp3) is 0.200. The van der Waals surface area contributed by atoms with Crippen molar-refractivity contribution in [3.63, 3.8) is 0 Å². The highest BCUT2D eigenvalue weighted by atomic mass is 35.5. The van der Waals surface area contributed by atoms with Crippen molar-refractivity contribution >= 4 is 29.3 Å². The second kappa shape index (κ2) is 12.3. The Kier molecular flexibility index (Phi) is 8.84. The van der Waals surface area contributed by atoms with Crippen molar-refractivity contribution in [2.45, 2.75) is 24.9 Å². The van der Waals surface area contributed by atoms with Crippen LogP contribution >= 0.6 is 11.6 Å². The molecule has 0 bridgehead atoms. The number of nitrogens with zero attached hydrogens (tertiary/aromatic N) is 5. The van der Waals surface area contributed by atoms with Gasteiger partial charge >= 0.3 is 18.1 Å². The number of alkyl halides is 5. The molecule has 17 heteroatoms. The molecule has 0 fully saturated rings. The Morgan fingerprint density at radius 2 is 1.76 bits per heavy atom. The van der Waals surface area contributed by atoms with E-state index in [9.17, 15) is 36.3 Å². The number of carbonyl (C=O) groups excluding carboxylic acids is 2. The van der Waals surface area contributed by atoms with Gasteiger partial charge in [-0.25, -0.2) is 19.3 Å². The Morgan fingerprint density at radius 1 is 1.02 bits per heavy atom. The summed E-state index contributed by atoms with van der Waals surface area (Å²) in [5, 5.41) is 3.66. The summed E-state index contributed by atoms with van der Waals surface area (Å²) < 4.78 is 74.6. The number of rotatable bonds is 10. The number of carbonyl (C=O) groups is 2. The molecule has 2 N–H and O–H groups in total. The van der Waals surface area contributed by atoms with Gasteiger partial charge in [0.1, 0.15) is 10.8 Å². The van der Waals surface area contributed by atoms with Gasteiger partial charge in [0.05, 0.1) is 24.8 Å². The molecule has 4 aromatic rings. The van der Waals surface area contributed by atoms with Gasteiger partial charge < -0.3 is 19.9 Å². The first kappa shape index (κ1) is 30.1. The molecule has 3 heterocycles. The van der Waals surface area contributed by atoms with E-state index in [1.165, 1.54) is 24.7 Å². The van der Waals surface area contributed by atoms with Crippen LogP contribution in [-0.2, 0) is 26.8 Å². The highest BCUT2D eigenvalue weighted by Gasteiger charge is 2.44. The average molecular weight is 612 g/mol. The standard InChI is InChI=1S/C25H19ClF5N7O4/c26-18-12-34-19(36-13-24(27,28)17-7-3-4-8-33-17)21(40)38(18)22(42-23(41)25(29,30)31)20(39)35-11-15-5-1-2-6-16(15)37-10-9-32-14-37/h1-10,12,14,22H,11,13H2,(H,34,36)(H,35,39). The Morgan fingerprint density at radius 3 is 2.43 bits per heavy atom. The number of aromatic nitrogens is 5. The van der Waals surface area contributed by atoms with Crippen LogP contribution in [0.25, 0.3) is 5.69 Å². The first-order valence-electron chi connectivity index (χ1n) is 11.8. The Balaban J connectivity index is 1.63. The minimum Gasteiger partial charge on any atom is -0.425 e. The molecule has 42 heavy (non-hydrogen) atoms. The number of anilines is 1. The molecule has 0 radical (unpaired) electrons. The van der Waals surface area contributed by atoms with Crippen LogP contribution in [0.3, 0.4) is 0 Å². The van der Waals surface area contributed by atoms with Crippen molar-refractivity contribution in [1.29, 1.82) is 0 Å². The summed E-state index contributed by atoms with van der Waals surface area (Å²) >= 11 is 5.99. The number of pyridine rings is 1. The molecule has 4 rings (SSSR count). The molecule has 1 atom stereocenters. The summed E-state index contributed by atoms with van der Waals surface area (Å²) in [7, 11) is 0. The van der Waals surface area contributed by atoms with Crippen molar-refractivity contribution in [1.82, 2.24) is 29.4 Å². The van der Waals surface area contributed by atoms with E-state index in [1.807, 2.05) is 0 Å². The Hall–Kier alpha value is -4.86. The van der Waals surface area contributed by atoms with E-state index in [0.29, 0.717) is 17.4 Å². The van der Waals surface area contributed by atoms with Crippen LogP contribution in [0, 0.1) is 0 Å². The van der Waals surface area contributed by atoms with Crippen molar-refractivity contribution in [3.8, 4) is 5.69 Å². The van der Waals surface area contributed by atoms with Gasteiger partial charge in [0.2, 0.25) is 0 Å². The number of hydrogen-bond acceptors (Lipinski definition) is 8. The van der Waals surface area contributed by atoms with E-state index in [2.05, 4.69) is 30.3 Å². The third-order valence-electron chi connectivity index (χ3n) is 5.61. The van der Waals surface area contributed by atoms with Gasteiger partial charge in [0.25, 0.3) is 17.7 Å². The van der Waals surface area contributed by atoms with Crippen LogP contribution in [0.4, 0.5) is 27.8 Å². The van der Waals surface area contributed by atoms with Gasteiger partial charge in [-0.2, -0.15) is 22.0 Å². The second-order valence-corrected chi connectivity index (χ2v) is 8.84. The second-order valence-electron chi connectivity index (χ2n) is 8.45. The molecule has 0 saturated heterocycles. The lowest BCUT2D eigenvalue weighted by atomic mass is 10.1. The fourth-order valence-electron chi connectivity index (χ4n) is 3.63. The number of hydrogen-bond donors (Lipinski definition) is 2. The molecule has 0 aliphatic rings. The van der Waals surface area contributed by atoms with Crippen LogP contribution in [-0.4, -0.2) is 48.7 Å². The van der Waals surface area contributed by atoms with E-state index in [0.717, 1.165) is 12.3 Å². The average Bonchev–Trinajstić information content (AvgIpc) is 3.50. The molecule has 1 unspecified atom stereocenters. The maximum atomic E-state index is 14.6. The number of benzene rings is 1. The van der Waals surface area contributed by atoms with E-state index in [4.69, 9.17) is 11.6 Å². The maximum absolute atomic E-state index is 14.6. The van der Waals surface area contributed by atoms with E-state index < -0.39 is 59.0 Å². The third kappa shape index (κ3) is 6.88. The van der Waals surface area contributed by atoms with Gasteiger partial charge in [0, 0.05) is 25.1 Å². The first-order chi connectivity index (χ1) is 19.9. The lowest BCUT2D eigenvalue weighted by Gasteiger charge is -2.22. The normalized spacial score (nSPS) is 12.4.